The number of aromatic nitrogens is 1. The number of anilines is 2. The Morgan fingerprint density at radius 1 is 1.44 bits per heavy atom. The van der Waals surface area contributed by atoms with Crippen molar-refractivity contribution in [1.82, 2.24) is 4.98 Å². The van der Waals surface area contributed by atoms with Gasteiger partial charge in [0.15, 0.2) is 0 Å². The van der Waals surface area contributed by atoms with Gasteiger partial charge in [-0.15, -0.1) is 0 Å². The fraction of sp³-hybridized carbons (Fsp3) is 0.583. The SMILES string of the molecule is Nc1cc(Cl)nc(NCC2(C3CC3)CC2)c1. The highest BCUT2D eigenvalue weighted by Gasteiger charge is 2.53. The van der Waals surface area contributed by atoms with Gasteiger partial charge in [0.05, 0.1) is 0 Å². The van der Waals surface area contributed by atoms with Crippen LogP contribution in [0.2, 0.25) is 5.15 Å². The number of pyridine rings is 1. The maximum Gasteiger partial charge on any atom is 0.133 e. The largest absolute Gasteiger partial charge is 0.399 e. The van der Waals surface area contributed by atoms with Crippen LogP contribution in [0.5, 0.6) is 0 Å². The van der Waals surface area contributed by atoms with E-state index in [0.29, 0.717) is 16.3 Å². The van der Waals surface area contributed by atoms with Crippen LogP contribution in [0.3, 0.4) is 0 Å². The highest BCUT2D eigenvalue weighted by atomic mass is 35.5. The van der Waals surface area contributed by atoms with Gasteiger partial charge in [-0.1, -0.05) is 11.6 Å². The molecular weight excluding hydrogens is 222 g/mol. The van der Waals surface area contributed by atoms with Crippen LogP contribution >= 0.6 is 11.6 Å². The Kier molecular flexibility index (Phi) is 2.25. The molecule has 1 aromatic heterocycles. The molecule has 3 rings (SSSR count). The van der Waals surface area contributed by atoms with E-state index in [9.17, 15) is 0 Å². The highest BCUT2D eigenvalue weighted by Crippen LogP contribution is 2.61. The normalized spacial score (nSPS) is 21.8. The monoisotopic (exact) mass is 237 g/mol. The molecule has 2 aliphatic carbocycles. The maximum absolute atomic E-state index is 5.86. The van der Waals surface area contributed by atoms with Gasteiger partial charge in [-0.3, -0.25) is 0 Å². The second-order valence-electron chi connectivity index (χ2n) is 5.10. The zero-order valence-electron chi connectivity index (χ0n) is 9.17. The van der Waals surface area contributed by atoms with Crippen molar-refractivity contribution in [2.45, 2.75) is 25.7 Å². The summed E-state index contributed by atoms with van der Waals surface area (Å²) in [5, 5.41) is 3.83. The second-order valence-corrected chi connectivity index (χ2v) is 5.49. The van der Waals surface area contributed by atoms with Crippen LogP contribution < -0.4 is 11.1 Å². The number of nitrogens with one attached hydrogen (secondary N) is 1. The van der Waals surface area contributed by atoms with Crippen LogP contribution in [0.1, 0.15) is 25.7 Å². The van der Waals surface area contributed by atoms with Gasteiger partial charge >= 0.3 is 0 Å². The first-order chi connectivity index (χ1) is 7.68. The van der Waals surface area contributed by atoms with Crippen LogP contribution in [0.4, 0.5) is 11.5 Å². The Hall–Kier alpha value is -0.960. The first-order valence-electron chi connectivity index (χ1n) is 5.85. The van der Waals surface area contributed by atoms with Gasteiger partial charge in [-0.05, 0) is 43.1 Å². The predicted molar refractivity (Wildman–Crippen MR) is 66.5 cm³/mol. The number of hydrogen-bond acceptors (Lipinski definition) is 3. The number of nitrogens with two attached hydrogens (primary N) is 1. The van der Waals surface area contributed by atoms with E-state index >= 15 is 0 Å². The van der Waals surface area contributed by atoms with Crippen LogP contribution in [-0.4, -0.2) is 11.5 Å². The van der Waals surface area contributed by atoms with Crippen molar-refractivity contribution in [1.29, 1.82) is 0 Å². The van der Waals surface area contributed by atoms with Gasteiger partial charge in [-0.2, -0.15) is 0 Å². The molecule has 0 radical (unpaired) electrons. The van der Waals surface area contributed by atoms with Crippen molar-refractivity contribution < 1.29 is 0 Å². The van der Waals surface area contributed by atoms with Crippen molar-refractivity contribution in [2.75, 3.05) is 17.6 Å². The van der Waals surface area contributed by atoms with E-state index in [4.69, 9.17) is 17.3 Å². The zero-order valence-corrected chi connectivity index (χ0v) is 9.93. The van der Waals surface area contributed by atoms with E-state index in [2.05, 4.69) is 10.3 Å². The molecular formula is C12H16ClN3. The van der Waals surface area contributed by atoms with Crippen molar-refractivity contribution in [3.8, 4) is 0 Å². The van der Waals surface area contributed by atoms with E-state index in [1.54, 1.807) is 6.07 Å². The lowest BCUT2D eigenvalue weighted by Gasteiger charge is -2.15. The zero-order chi connectivity index (χ0) is 11.2. The Balaban J connectivity index is 1.65. The molecule has 1 aromatic rings. The lowest BCUT2D eigenvalue weighted by atomic mass is 10.0. The van der Waals surface area contributed by atoms with Crippen molar-refractivity contribution >= 4 is 23.1 Å². The van der Waals surface area contributed by atoms with Gasteiger partial charge in [0.25, 0.3) is 0 Å². The smallest absolute Gasteiger partial charge is 0.133 e. The van der Waals surface area contributed by atoms with E-state index in [-0.39, 0.29) is 0 Å². The molecule has 0 spiro atoms. The number of hydrogen-bond donors (Lipinski definition) is 2. The van der Waals surface area contributed by atoms with Gasteiger partial charge in [0, 0.05) is 18.3 Å². The molecule has 2 aliphatic rings. The van der Waals surface area contributed by atoms with Crippen LogP contribution in [0.15, 0.2) is 12.1 Å². The number of nitrogens with zero attached hydrogens (tertiary/aromatic N) is 1. The summed E-state index contributed by atoms with van der Waals surface area (Å²) in [7, 11) is 0. The van der Waals surface area contributed by atoms with E-state index < -0.39 is 0 Å². The molecule has 0 aliphatic heterocycles. The Bertz CT molecular complexity index is 390. The third-order valence-corrected chi connectivity index (χ3v) is 3.97. The molecule has 4 heteroatoms. The number of rotatable bonds is 4. The Labute approximate surface area is 100 Å². The summed E-state index contributed by atoms with van der Waals surface area (Å²) in [6.45, 7) is 1.02. The van der Waals surface area contributed by atoms with Crippen LogP contribution in [0, 0.1) is 11.3 Å². The second kappa shape index (κ2) is 3.52. The first kappa shape index (κ1) is 10.2. The van der Waals surface area contributed by atoms with Gasteiger partial charge in [0.2, 0.25) is 0 Å². The van der Waals surface area contributed by atoms with Crippen molar-refractivity contribution in [3.05, 3.63) is 17.3 Å². The standard InChI is InChI=1S/C12H16ClN3/c13-10-5-9(14)6-11(16-10)15-7-12(3-4-12)8-1-2-8/h5-6,8H,1-4,7H2,(H3,14,15,16). The molecule has 3 N–H and O–H groups in total. The minimum absolute atomic E-state index is 0.457. The molecule has 0 unspecified atom stereocenters. The molecule has 3 nitrogen and oxygen atoms in total. The van der Waals surface area contributed by atoms with E-state index in [1.165, 1.54) is 25.7 Å². The summed E-state index contributed by atoms with van der Waals surface area (Å²) in [5.74, 6) is 1.76. The molecule has 0 aromatic carbocycles. The lowest BCUT2D eigenvalue weighted by molar-refractivity contribution is 0.466. The average Bonchev–Trinajstić information content (AvgIpc) is 3.07. The summed E-state index contributed by atoms with van der Waals surface area (Å²) in [4.78, 5) is 4.22. The molecule has 0 atom stereocenters. The van der Waals surface area contributed by atoms with Crippen molar-refractivity contribution in [2.24, 2.45) is 11.3 Å². The molecule has 2 fully saturated rings. The molecule has 1 heterocycles. The molecule has 0 amide bonds. The summed E-state index contributed by atoms with van der Waals surface area (Å²) in [5.41, 5.74) is 6.96. The summed E-state index contributed by atoms with van der Waals surface area (Å²) < 4.78 is 0. The molecule has 16 heavy (non-hydrogen) atoms. The average molecular weight is 238 g/mol. The number of halogens is 1. The highest BCUT2D eigenvalue weighted by molar-refractivity contribution is 6.29. The maximum atomic E-state index is 5.86. The number of nitrogen functional groups attached to an aromatic ring is 1. The fourth-order valence-corrected chi connectivity index (χ4v) is 2.68. The molecule has 0 bridgehead atoms. The third-order valence-electron chi connectivity index (χ3n) is 3.77. The van der Waals surface area contributed by atoms with Gasteiger partial charge < -0.3 is 11.1 Å². The Morgan fingerprint density at radius 2 is 2.19 bits per heavy atom. The molecule has 86 valence electrons. The summed E-state index contributed by atoms with van der Waals surface area (Å²) in [6, 6.07) is 3.51. The van der Waals surface area contributed by atoms with Crippen LogP contribution in [0.25, 0.3) is 0 Å². The van der Waals surface area contributed by atoms with Crippen LogP contribution in [-0.2, 0) is 0 Å². The summed E-state index contributed by atoms with van der Waals surface area (Å²) in [6.07, 6.45) is 5.54. The van der Waals surface area contributed by atoms with Gasteiger partial charge in [0.1, 0.15) is 11.0 Å². The van der Waals surface area contributed by atoms with Crippen molar-refractivity contribution in [3.63, 3.8) is 0 Å². The van der Waals surface area contributed by atoms with E-state index in [0.717, 1.165) is 18.3 Å². The molecule has 0 saturated heterocycles. The fourth-order valence-electron chi connectivity index (χ4n) is 2.46. The van der Waals surface area contributed by atoms with E-state index in [1.807, 2.05) is 6.07 Å². The van der Waals surface area contributed by atoms with Gasteiger partial charge in [-0.25, -0.2) is 4.98 Å². The summed E-state index contributed by atoms with van der Waals surface area (Å²) >= 11 is 5.86. The third kappa shape index (κ3) is 1.96. The first-order valence-corrected chi connectivity index (χ1v) is 6.23. The Morgan fingerprint density at radius 3 is 2.75 bits per heavy atom. The quantitative estimate of drug-likeness (QED) is 0.792. The molecule has 2 saturated carbocycles. The minimum Gasteiger partial charge on any atom is -0.399 e. The minimum atomic E-state index is 0.457. The predicted octanol–water partition coefficient (Wildman–Crippen LogP) is 2.92. The topological polar surface area (TPSA) is 50.9 Å². The lowest BCUT2D eigenvalue weighted by Crippen LogP contribution is -2.18.